The minimum atomic E-state index is -0.289. The topological polar surface area (TPSA) is 96.0 Å². The number of carbonyl (C=O) groups excluding carboxylic acids is 2. The van der Waals surface area contributed by atoms with Crippen molar-refractivity contribution in [3.05, 3.63) is 104 Å². The van der Waals surface area contributed by atoms with Gasteiger partial charge in [-0.05, 0) is 48.2 Å². The number of thiophene rings is 1. The van der Waals surface area contributed by atoms with Crippen molar-refractivity contribution in [2.75, 3.05) is 5.32 Å². The fourth-order valence-electron chi connectivity index (χ4n) is 3.17. The summed E-state index contributed by atoms with van der Waals surface area (Å²) in [5.74, 6) is -0.411. The van der Waals surface area contributed by atoms with Crippen molar-refractivity contribution in [3.63, 3.8) is 0 Å². The molecule has 0 fully saturated rings. The zero-order chi connectivity index (χ0) is 21.8. The molecular weight excluding hydrogens is 412 g/mol. The highest BCUT2D eigenvalue weighted by atomic mass is 32.1. The van der Waals surface area contributed by atoms with Crippen LogP contribution in [0, 0.1) is 6.92 Å². The number of para-hydroxylation sites is 2. The molecule has 0 aliphatic heterocycles. The fourth-order valence-corrected chi connectivity index (χ4v) is 3.81. The van der Waals surface area contributed by atoms with E-state index in [0.717, 1.165) is 11.3 Å². The summed E-state index contributed by atoms with van der Waals surface area (Å²) in [7, 11) is 0. The lowest BCUT2D eigenvalue weighted by Gasteiger charge is -2.12. The van der Waals surface area contributed by atoms with Crippen molar-refractivity contribution in [3.8, 4) is 5.69 Å². The van der Waals surface area contributed by atoms with Gasteiger partial charge in [0.05, 0.1) is 16.3 Å². The molecule has 3 N–H and O–H groups in total. The smallest absolute Gasteiger partial charge is 0.330 e. The quantitative estimate of drug-likeness (QED) is 0.433. The number of rotatable bonds is 6. The summed E-state index contributed by atoms with van der Waals surface area (Å²) < 4.78 is 1.51. The number of H-pyrrole nitrogens is 1. The van der Waals surface area contributed by atoms with E-state index in [4.69, 9.17) is 0 Å². The number of aromatic nitrogens is 2. The number of hydrogen-bond donors (Lipinski definition) is 3. The van der Waals surface area contributed by atoms with Gasteiger partial charge in [-0.2, -0.15) is 0 Å². The zero-order valence-corrected chi connectivity index (χ0v) is 17.5. The van der Waals surface area contributed by atoms with Gasteiger partial charge in [0.25, 0.3) is 11.8 Å². The molecule has 0 aliphatic rings. The summed E-state index contributed by atoms with van der Waals surface area (Å²) in [6.45, 7) is 2.18. The number of anilines is 1. The van der Waals surface area contributed by atoms with E-state index in [9.17, 15) is 14.4 Å². The van der Waals surface area contributed by atoms with Gasteiger partial charge in [-0.1, -0.05) is 30.3 Å². The maximum absolute atomic E-state index is 12.8. The van der Waals surface area contributed by atoms with Crippen molar-refractivity contribution >= 4 is 28.8 Å². The third-order valence-corrected chi connectivity index (χ3v) is 5.64. The van der Waals surface area contributed by atoms with E-state index < -0.39 is 0 Å². The molecule has 8 heteroatoms. The number of aryl methyl sites for hydroxylation is 1. The Morgan fingerprint density at radius 2 is 1.77 bits per heavy atom. The Hall–Kier alpha value is -3.91. The van der Waals surface area contributed by atoms with Crippen molar-refractivity contribution in [2.24, 2.45) is 0 Å². The predicted molar refractivity (Wildman–Crippen MR) is 121 cm³/mol. The van der Waals surface area contributed by atoms with Crippen molar-refractivity contribution < 1.29 is 9.59 Å². The van der Waals surface area contributed by atoms with E-state index in [-0.39, 0.29) is 17.5 Å². The molecule has 0 aliphatic carbocycles. The monoisotopic (exact) mass is 432 g/mol. The maximum atomic E-state index is 12.8. The minimum absolute atomic E-state index is 0.122. The van der Waals surface area contributed by atoms with Gasteiger partial charge in [-0.25, -0.2) is 4.79 Å². The van der Waals surface area contributed by atoms with Crippen LogP contribution in [0.4, 0.5) is 5.69 Å². The molecule has 0 saturated heterocycles. The summed E-state index contributed by atoms with van der Waals surface area (Å²) in [5, 5.41) is 7.59. The Labute approximate surface area is 182 Å². The SMILES string of the molecule is Cc1c[nH]c(=O)n1-c1ccccc1NC(=O)c1ccc(CNC(=O)c2cccs2)cc1. The van der Waals surface area contributed by atoms with Gasteiger partial charge in [-0.3, -0.25) is 14.2 Å². The molecule has 0 spiro atoms. The lowest BCUT2D eigenvalue weighted by molar-refractivity contribution is 0.0953. The molecule has 31 heavy (non-hydrogen) atoms. The molecule has 2 heterocycles. The second kappa shape index (κ2) is 8.85. The molecule has 7 nitrogen and oxygen atoms in total. The van der Waals surface area contributed by atoms with E-state index in [1.807, 2.05) is 24.4 Å². The number of aromatic amines is 1. The number of carbonyl (C=O) groups is 2. The Kier molecular flexibility index (Phi) is 5.81. The molecule has 2 aromatic heterocycles. The fraction of sp³-hybridized carbons (Fsp3) is 0.0870. The first-order chi connectivity index (χ1) is 15.0. The summed E-state index contributed by atoms with van der Waals surface area (Å²) in [6, 6.07) is 17.8. The van der Waals surface area contributed by atoms with E-state index in [0.29, 0.717) is 28.4 Å². The Bertz CT molecular complexity index is 1270. The molecule has 2 aromatic carbocycles. The van der Waals surface area contributed by atoms with Gasteiger partial charge < -0.3 is 15.6 Å². The maximum Gasteiger partial charge on any atom is 0.330 e. The summed E-state index contributed by atoms with van der Waals surface area (Å²) in [4.78, 5) is 40.3. The number of amides is 2. The van der Waals surface area contributed by atoms with E-state index in [1.54, 1.807) is 54.7 Å². The number of nitrogens with one attached hydrogen (secondary N) is 3. The number of hydrogen-bond acceptors (Lipinski definition) is 4. The lowest BCUT2D eigenvalue weighted by Crippen LogP contribution is -2.22. The van der Waals surface area contributed by atoms with Crippen LogP contribution in [0.25, 0.3) is 5.69 Å². The van der Waals surface area contributed by atoms with Gasteiger partial charge in [0, 0.05) is 24.0 Å². The highest BCUT2D eigenvalue weighted by Crippen LogP contribution is 2.21. The van der Waals surface area contributed by atoms with Crippen LogP contribution in [0.5, 0.6) is 0 Å². The molecule has 4 aromatic rings. The molecule has 0 atom stereocenters. The van der Waals surface area contributed by atoms with Gasteiger partial charge in [-0.15, -0.1) is 11.3 Å². The second-order valence-corrected chi connectivity index (χ2v) is 7.85. The van der Waals surface area contributed by atoms with Crippen LogP contribution in [-0.2, 0) is 6.54 Å². The van der Waals surface area contributed by atoms with Crippen molar-refractivity contribution in [2.45, 2.75) is 13.5 Å². The average Bonchev–Trinajstić information content (AvgIpc) is 3.43. The van der Waals surface area contributed by atoms with Crippen LogP contribution >= 0.6 is 11.3 Å². The Balaban J connectivity index is 1.45. The van der Waals surface area contributed by atoms with E-state index >= 15 is 0 Å². The van der Waals surface area contributed by atoms with Crippen molar-refractivity contribution in [1.82, 2.24) is 14.9 Å². The summed E-state index contributed by atoms with van der Waals surface area (Å²) >= 11 is 1.39. The molecule has 156 valence electrons. The first kappa shape index (κ1) is 20.4. The molecule has 0 saturated carbocycles. The van der Waals surface area contributed by atoms with Gasteiger partial charge in [0.1, 0.15) is 0 Å². The van der Waals surface area contributed by atoms with E-state index in [2.05, 4.69) is 15.6 Å². The largest absolute Gasteiger partial charge is 0.347 e. The second-order valence-electron chi connectivity index (χ2n) is 6.90. The number of nitrogens with zero attached hydrogens (tertiary/aromatic N) is 1. The molecular formula is C23H20N4O3S. The number of benzene rings is 2. The Morgan fingerprint density at radius 3 is 2.45 bits per heavy atom. The highest BCUT2D eigenvalue weighted by molar-refractivity contribution is 7.12. The molecule has 0 unspecified atom stereocenters. The third kappa shape index (κ3) is 4.49. The summed E-state index contributed by atoms with van der Waals surface area (Å²) in [5.41, 5.74) is 2.95. The van der Waals surface area contributed by atoms with Crippen LogP contribution in [-0.4, -0.2) is 21.4 Å². The third-order valence-electron chi connectivity index (χ3n) is 4.77. The average molecular weight is 433 g/mol. The summed E-state index contributed by atoms with van der Waals surface area (Å²) in [6.07, 6.45) is 1.62. The Morgan fingerprint density at radius 1 is 1.00 bits per heavy atom. The van der Waals surface area contributed by atoms with Gasteiger partial charge in [0.2, 0.25) is 0 Å². The lowest BCUT2D eigenvalue weighted by atomic mass is 10.1. The minimum Gasteiger partial charge on any atom is -0.347 e. The van der Waals surface area contributed by atoms with Gasteiger partial charge >= 0.3 is 5.69 Å². The molecule has 4 rings (SSSR count). The standard InChI is InChI=1S/C23H20N4O3S/c1-15-13-25-23(30)27(15)19-6-3-2-5-18(19)26-21(28)17-10-8-16(9-11-17)14-24-22(29)20-7-4-12-31-20/h2-13H,14H2,1H3,(H,24,29)(H,25,30)(H,26,28). The van der Waals surface area contributed by atoms with Crippen LogP contribution in [0.15, 0.2) is 77.0 Å². The molecule has 0 bridgehead atoms. The van der Waals surface area contributed by atoms with Crippen LogP contribution in [0.1, 0.15) is 31.3 Å². The van der Waals surface area contributed by atoms with Crippen LogP contribution < -0.4 is 16.3 Å². The zero-order valence-electron chi connectivity index (χ0n) is 16.7. The highest BCUT2D eigenvalue weighted by Gasteiger charge is 2.13. The first-order valence-electron chi connectivity index (χ1n) is 9.61. The predicted octanol–water partition coefficient (Wildman–Crippen LogP) is 3.72. The van der Waals surface area contributed by atoms with Crippen LogP contribution in [0.2, 0.25) is 0 Å². The first-order valence-corrected chi connectivity index (χ1v) is 10.5. The van der Waals surface area contributed by atoms with Crippen molar-refractivity contribution in [1.29, 1.82) is 0 Å². The van der Waals surface area contributed by atoms with Gasteiger partial charge in [0.15, 0.2) is 0 Å². The normalized spacial score (nSPS) is 10.6. The van der Waals surface area contributed by atoms with Crippen LogP contribution in [0.3, 0.4) is 0 Å². The van der Waals surface area contributed by atoms with E-state index in [1.165, 1.54) is 15.9 Å². The number of imidazole rings is 1. The molecule has 2 amide bonds. The molecule has 0 radical (unpaired) electrons.